The van der Waals surface area contributed by atoms with E-state index in [1.165, 1.54) is 32.1 Å². The van der Waals surface area contributed by atoms with Crippen LogP contribution in [0.4, 0.5) is 11.4 Å². The van der Waals surface area contributed by atoms with Gasteiger partial charge in [0.1, 0.15) is 0 Å². The summed E-state index contributed by atoms with van der Waals surface area (Å²) in [7, 11) is 2.02. The second kappa shape index (κ2) is 9.33. The van der Waals surface area contributed by atoms with Crippen molar-refractivity contribution < 1.29 is 9.59 Å². The van der Waals surface area contributed by atoms with E-state index >= 15 is 0 Å². The van der Waals surface area contributed by atoms with Crippen LogP contribution in [0.3, 0.4) is 0 Å². The maximum atomic E-state index is 12.4. The molecule has 1 saturated carbocycles. The molecule has 0 atom stereocenters. The molecule has 0 aliphatic heterocycles. The molecule has 2 amide bonds. The van der Waals surface area contributed by atoms with Crippen molar-refractivity contribution in [3.05, 3.63) is 60.2 Å². The highest BCUT2D eigenvalue weighted by molar-refractivity contribution is 6.04. The Kier molecular flexibility index (Phi) is 6.60. The Labute approximate surface area is 160 Å². The summed E-state index contributed by atoms with van der Waals surface area (Å²) < 4.78 is 0. The van der Waals surface area contributed by atoms with Crippen molar-refractivity contribution in [2.75, 3.05) is 24.2 Å². The Balaban J connectivity index is 1.55. The predicted molar refractivity (Wildman–Crippen MR) is 109 cm³/mol. The minimum atomic E-state index is -0.170. The van der Waals surface area contributed by atoms with Crippen molar-refractivity contribution in [2.24, 2.45) is 0 Å². The third-order valence-corrected chi connectivity index (χ3v) is 5.03. The predicted octanol–water partition coefficient (Wildman–Crippen LogP) is 4.14. The molecule has 0 aromatic heterocycles. The number of rotatable bonds is 6. The molecule has 0 radical (unpaired) electrons. The van der Waals surface area contributed by atoms with E-state index < -0.39 is 0 Å². The standard InChI is InChI=1S/C22H27N3O2/c1-25(20-13-6-3-7-14-20)16-21(26)23-18-11-8-12-19(15-18)24-22(27)17-9-4-2-5-10-17/h2,4-5,8-12,15,20H,3,6-7,13-14,16H2,1H3,(H,23,26)(H,24,27). The number of benzene rings is 2. The van der Waals surface area contributed by atoms with Crippen molar-refractivity contribution in [2.45, 2.75) is 38.1 Å². The topological polar surface area (TPSA) is 61.4 Å². The summed E-state index contributed by atoms with van der Waals surface area (Å²) in [5.41, 5.74) is 1.94. The molecule has 1 aliphatic rings. The van der Waals surface area contributed by atoms with Gasteiger partial charge in [0.25, 0.3) is 5.91 Å². The molecular formula is C22H27N3O2. The van der Waals surface area contributed by atoms with Crippen LogP contribution in [0.5, 0.6) is 0 Å². The lowest BCUT2D eigenvalue weighted by Crippen LogP contribution is -2.39. The molecule has 0 bridgehead atoms. The molecule has 5 heteroatoms. The van der Waals surface area contributed by atoms with Gasteiger partial charge in [0.15, 0.2) is 0 Å². The number of hydrogen-bond acceptors (Lipinski definition) is 3. The first-order valence-electron chi connectivity index (χ1n) is 9.58. The van der Waals surface area contributed by atoms with Crippen LogP contribution < -0.4 is 10.6 Å². The molecule has 142 valence electrons. The number of carbonyl (C=O) groups is 2. The molecule has 1 aliphatic carbocycles. The molecule has 3 rings (SSSR count). The zero-order chi connectivity index (χ0) is 19.1. The van der Waals surface area contributed by atoms with E-state index in [9.17, 15) is 9.59 Å². The van der Waals surface area contributed by atoms with Crippen LogP contribution in [0, 0.1) is 0 Å². The molecule has 0 spiro atoms. The third-order valence-electron chi connectivity index (χ3n) is 5.03. The Morgan fingerprint density at radius 2 is 1.59 bits per heavy atom. The van der Waals surface area contributed by atoms with Crippen molar-refractivity contribution in [1.82, 2.24) is 4.90 Å². The lowest BCUT2D eigenvalue weighted by molar-refractivity contribution is -0.117. The highest BCUT2D eigenvalue weighted by atomic mass is 16.2. The van der Waals surface area contributed by atoms with Gasteiger partial charge in [-0.2, -0.15) is 0 Å². The monoisotopic (exact) mass is 365 g/mol. The molecule has 5 nitrogen and oxygen atoms in total. The van der Waals surface area contributed by atoms with Gasteiger partial charge in [-0.25, -0.2) is 0 Å². The van der Waals surface area contributed by atoms with Gasteiger partial charge in [-0.05, 0) is 50.2 Å². The van der Waals surface area contributed by atoms with E-state index in [2.05, 4.69) is 15.5 Å². The number of likely N-dealkylation sites (N-methyl/N-ethyl adjacent to an activating group) is 1. The molecule has 1 fully saturated rings. The van der Waals surface area contributed by atoms with Crippen LogP contribution in [-0.2, 0) is 4.79 Å². The molecule has 0 heterocycles. The van der Waals surface area contributed by atoms with E-state index in [1.54, 1.807) is 18.2 Å². The maximum Gasteiger partial charge on any atom is 0.255 e. The number of hydrogen-bond donors (Lipinski definition) is 2. The number of nitrogens with one attached hydrogen (secondary N) is 2. The van der Waals surface area contributed by atoms with Gasteiger partial charge in [0, 0.05) is 23.0 Å². The lowest BCUT2D eigenvalue weighted by Gasteiger charge is -2.30. The first kappa shape index (κ1) is 19.1. The van der Waals surface area contributed by atoms with Gasteiger partial charge in [0.2, 0.25) is 5.91 Å². The highest BCUT2D eigenvalue weighted by Gasteiger charge is 2.19. The fraction of sp³-hybridized carbons (Fsp3) is 0.364. The zero-order valence-corrected chi connectivity index (χ0v) is 15.8. The molecule has 2 N–H and O–H groups in total. The zero-order valence-electron chi connectivity index (χ0n) is 15.8. The van der Waals surface area contributed by atoms with Gasteiger partial charge in [-0.1, -0.05) is 43.5 Å². The van der Waals surface area contributed by atoms with Gasteiger partial charge in [-0.15, -0.1) is 0 Å². The average molecular weight is 365 g/mol. The van der Waals surface area contributed by atoms with E-state index in [-0.39, 0.29) is 11.8 Å². The molecule has 0 unspecified atom stereocenters. The second-order valence-corrected chi connectivity index (χ2v) is 7.16. The first-order valence-corrected chi connectivity index (χ1v) is 9.58. The summed E-state index contributed by atoms with van der Waals surface area (Å²) in [5, 5.41) is 5.80. The normalized spacial score (nSPS) is 14.7. The Hall–Kier alpha value is -2.66. The molecule has 2 aromatic rings. The van der Waals surface area contributed by atoms with Crippen LogP contribution in [0.1, 0.15) is 42.5 Å². The van der Waals surface area contributed by atoms with Gasteiger partial charge in [-0.3, -0.25) is 14.5 Å². The highest BCUT2D eigenvalue weighted by Crippen LogP contribution is 2.21. The summed E-state index contributed by atoms with van der Waals surface area (Å²) >= 11 is 0. The summed E-state index contributed by atoms with van der Waals surface area (Å²) in [6, 6.07) is 16.8. The molecule has 27 heavy (non-hydrogen) atoms. The lowest BCUT2D eigenvalue weighted by atomic mass is 9.94. The largest absolute Gasteiger partial charge is 0.325 e. The minimum absolute atomic E-state index is 0.0328. The Morgan fingerprint density at radius 1 is 0.926 bits per heavy atom. The van der Waals surface area contributed by atoms with Crippen LogP contribution in [0.2, 0.25) is 0 Å². The second-order valence-electron chi connectivity index (χ2n) is 7.16. The minimum Gasteiger partial charge on any atom is -0.325 e. The molecule has 2 aromatic carbocycles. The smallest absolute Gasteiger partial charge is 0.255 e. The van der Waals surface area contributed by atoms with Crippen molar-refractivity contribution in [1.29, 1.82) is 0 Å². The van der Waals surface area contributed by atoms with E-state index in [1.807, 2.05) is 43.4 Å². The summed E-state index contributed by atoms with van der Waals surface area (Å²) in [6.07, 6.45) is 6.15. The van der Waals surface area contributed by atoms with Crippen LogP contribution in [0.25, 0.3) is 0 Å². The van der Waals surface area contributed by atoms with Gasteiger partial charge >= 0.3 is 0 Å². The summed E-state index contributed by atoms with van der Waals surface area (Å²) in [6.45, 7) is 0.380. The third kappa shape index (κ3) is 5.66. The SMILES string of the molecule is CN(CC(=O)Nc1cccc(NC(=O)c2ccccc2)c1)C1CCCCC1. The summed E-state index contributed by atoms with van der Waals surface area (Å²) in [4.78, 5) is 26.8. The Bertz CT molecular complexity index is 770. The maximum absolute atomic E-state index is 12.4. The number of carbonyl (C=O) groups excluding carboxylic acids is 2. The number of nitrogens with zero attached hydrogens (tertiary/aromatic N) is 1. The Morgan fingerprint density at radius 3 is 2.30 bits per heavy atom. The van der Waals surface area contributed by atoms with Crippen molar-refractivity contribution in [3.8, 4) is 0 Å². The summed E-state index contributed by atoms with van der Waals surface area (Å²) in [5.74, 6) is -0.203. The average Bonchev–Trinajstić information content (AvgIpc) is 2.69. The van der Waals surface area contributed by atoms with Crippen LogP contribution in [-0.4, -0.2) is 36.3 Å². The van der Waals surface area contributed by atoms with E-state index in [0.29, 0.717) is 29.5 Å². The first-order chi connectivity index (χ1) is 13.1. The van der Waals surface area contributed by atoms with Crippen LogP contribution >= 0.6 is 0 Å². The quantitative estimate of drug-likeness (QED) is 0.809. The van der Waals surface area contributed by atoms with E-state index in [4.69, 9.17) is 0 Å². The fourth-order valence-electron chi connectivity index (χ4n) is 3.55. The van der Waals surface area contributed by atoms with Crippen molar-refractivity contribution in [3.63, 3.8) is 0 Å². The van der Waals surface area contributed by atoms with Gasteiger partial charge in [0.05, 0.1) is 6.54 Å². The van der Waals surface area contributed by atoms with Gasteiger partial charge < -0.3 is 10.6 Å². The van der Waals surface area contributed by atoms with Crippen molar-refractivity contribution >= 4 is 23.2 Å². The van der Waals surface area contributed by atoms with E-state index in [0.717, 1.165) is 0 Å². The molecule has 0 saturated heterocycles. The number of amides is 2. The number of anilines is 2. The van der Waals surface area contributed by atoms with Crippen LogP contribution in [0.15, 0.2) is 54.6 Å². The molecular weight excluding hydrogens is 338 g/mol. The fourth-order valence-corrected chi connectivity index (χ4v) is 3.55.